The number of hydrogen-bond acceptors (Lipinski definition) is 1. The number of alkyl halides is 1. The van der Waals surface area contributed by atoms with Gasteiger partial charge in [0.2, 0.25) is 0 Å². The molecule has 0 saturated heterocycles. The Kier molecular flexibility index (Phi) is 4.48. The minimum atomic E-state index is -0.190. The van der Waals surface area contributed by atoms with Gasteiger partial charge in [0.15, 0.2) is 0 Å². The Morgan fingerprint density at radius 2 is 1.60 bits per heavy atom. The van der Waals surface area contributed by atoms with Gasteiger partial charge < -0.3 is 4.74 Å². The molecule has 0 aromatic heterocycles. The van der Waals surface area contributed by atoms with Gasteiger partial charge >= 0.3 is 0 Å². The lowest BCUT2D eigenvalue weighted by Gasteiger charge is -2.18. The summed E-state index contributed by atoms with van der Waals surface area (Å²) in [6.07, 6.45) is 0. The Bertz CT molecular complexity index is 614. The van der Waals surface area contributed by atoms with Crippen LogP contribution in [0, 0.1) is 26.6 Å². The Hall–Kier alpha value is -1.35. The Balaban J connectivity index is 2.49. The highest BCUT2D eigenvalue weighted by Crippen LogP contribution is 2.37. The normalized spacial score (nSPS) is 12.3. The third-order valence-electron chi connectivity index (χ3n) is 3.54. The fourth-order valence-electron chi connectivity index (χ4n) is 2.48. The van der Waals surface area contributed by atoms with Crippen LogP contribution in [0.4, 0.5) is 4.39 Å². The SMILES string of the molecule is COc1cc(C(Br)c2c(C)cc(F)cc2C)ccc1C. The monoisotopic (exact) mass is 336 g/mol. The summed E-state index contributed by atoms with van der Waals surface area (Å²) >= 11 is 3.73. The molecule has 0 saturated carbocycles. The number of hydrogen-bond donors (Lipinski definition) is 0. The maximum Gasteiger partial charge on any atom is 0.123 e. The van der Waals surface area contributed by atoms with Gasteiger partial charge in [-0.1, -0.05) is 28.1 Å². The van der Waals surface area contributed by atoms with Crippen LogP contribution in [0.2, 0.25) is 0 Å². The third-order valence-corrected chi connectivity index (χ3v) is 4.52. The van der Waals surface area contributed by atoms with Crippen molar-refractivity contribution in [3.63, 3.8) is 0 Å². The summed E-state index contributed by atoms with van der Waals surface area (Å²) in [4.78, 5) is 0.0256. The minimum absolute atomic E-state index is 0.0256. The predicted octanol–water partition coefficient (Wildman–Crippen LogP) is 5.24. The van der Waals surface area contributed by atoms with Crippen LogP contribution in [0.5, 0.6) is 5.75 Å². The molecule has 0 aliphatic rings. The van der Waals surface area contributed by atoms with Crippen molar-refractivity contribution < 1.29 is 9.13 Å². The molecule has 2 aromatic rings. The number of halogens is 2. The second-order valence-electron chi connectivity index (χ2n) is 5.04. The molecule has 0 aliphatic heterocycles. The first-order valence-corrected chi connectivity index (χ1v) is 7.41. The molecule has 1 unspecified atom stereocenters. The molecule has 0 aliphatic carbocycles. The molecule has 0 N–H and O–H groups in total. The average molecular weight is 337 g/mol. The van der Waals surface area contributed by atoms with Crippen molar-refractivity contribution in [1.29, 1.82) is 0 Å². The topological polar surface area (TPSA) is 9.23 Å². The van der Waals surface area contributed by atoms with E-state index in [0.29, 0.717) is 0 Å². The summed E-state index contributed by atoms with van der Waals surface area (Å²) in [5.74, 6) is 0.675. The summed E-state index contributed by atoms with van der Waals surface area (Å²) in [6, 6.07) is 9.27. The number of rotatable bonds is 3. The van der Waals surface area contributed by atoms with Gasteiger partial charge in [0.1, 0.15) is 11.6 Å². The zero-order valence-electron chi connectivity index (χ0n) is 12.1. The van der Waals surface area contributed by atoms with Crippen molar-refractivity contribution in [1.82, 2.24) is 0 Å². The predicted molar refractivity (Wildman–Crippen MR) is 84.4 cm³/mol. The molecular formula is C17H18BrFO. The summed E-state index contributed by atoms with van der Waals surface area (Å²) in [6.45, 7) is 5.89. The van der Waals surface area contributed by atoms with Crippen LogP contribution in [0.1, 0.15) is 32.6 Å². The minimum Gasteiger partial charge on any atom is -0.496 e. The van der Waals surface area contributed by atoms with Gasteiger partial charge in [0, 0.05) is 0 Å². The molecule has 0 amide bonds. The maximum absolute atomic E-state index is 13.4. The quantitative estimate of drug-likeness (QED) is 0.696. The first-order chi connectivity index (χ1) is 9.43. The van der Waals surface area contributed by atoms with E-state index in [-0.39, 0.29) is 10.6 Å². The second kappa shape index (κ2) is 5.96. The average Bonchev–Trinajstić information content (AvgIpc) is 2.37. The van der Waals surface area contributed by atoms with E-state index in [1.165, 1.54) is 0 Å². The highest BCUT2D eigenvalue weighted by Gasteiger charge is 2.17. The van der Waals surface area contributed by atoms with E-state index in [2.05, 4.69) is 22.0 Å². The van der Waals surface area contributed by atoms with E-state index in [9.17, 15) is 4.39 Å². The molecule has 0 heterocycles. The van der Waals surface area contributed by atoms with Gasteiger partial charge in [0.25, 0.3) is 0 Å². The lowest BCUT2D eigenvalue weighted by atomic mass is 9.95. The van der Waals surface area contributed by atoms with E-state index in [1.807, 2.05) is 32.9 Å². The summed E-state index contributed by atoms with van der Waals surface area (Å²) in [5.41, 5.74) is 5.21. The third kappa shape index (κ3) is 2.88. The molecule has 106 valence electrons. The van der Waals surface area contributed by atoms with Gasteiger partial charge in [-0.3, -0.25) is 0 Å². The van der Waals surface area contributed by atoms with Crippen LogP contribution >= 0.6 is 15.9 Å². The smallest absolute Gasteiger partial charge is 0.123 e. The number of benzene rings is 2. The molecule has 2 aromatic carbocycles. The van der Waals surface area contributed by atoms with Crippen molar-refractivity contribution in [2.24, 2.45) is 0 Å². The number of ether oxygens (including phenoxy) is 1. The lowest BCUT2D eigenvalue weighted by molar-refractivity contribution is 0.411. The maximum atomic E-state index is 13.4. The molecular weight excluding hydrogens is 319 g/mol. The summed E-state index contributed by atoms with van der Waals surface area (Å²) < 4.78 is 18.8. The van der Waals surface area contributed by atoms with E-state index < -0.39 is 0 Å². The number of aryl methyl sites for hydroxylation is 3. The Morgan fingerprint density at radius 3 is 2.15 bits per heavy atom. The zero-order chi connectivity index (χ0) is 14.9. The van der Waals surface area contributed by atoms with Gasteiger partial charge in [-0.15, -0.1) is 0 Å². The van der Waals surface area contributed by atoms with Crippen LogP contribution in [-0.4, -0.2) is 7.11 Å². The highest BCUT2D eigenvalue weighted by atomic mass is 79.9. The van der Waals surface area contributed by atoms with Crippen LogP contribution in [0.25, 0.3) is 0 Å². The fourth-order valence-corrected chi connectivity index (χ4v) is 3.49. The van der Waals surface area contributed by atoms with Crippen molar-refractivity contribution in [2.45, 2.75) is 25.6 Å². The summed E-state index contributed by atoms with van der Waals surface area (Å²) in [5, 5.41) is 0. The van der Waals surface area contributed by atoms with Crippen LogP contribution in [0.3, 0.4) is 0 Å². The first-order valence-electron chi connectivity index (χ1n) is 6.49. The van der Waals surface area contributed by atoms with Crippen LogP contribution in [0.15, 0.2) is 30.3 Å². The Labute approximate surface area is 127 Å². The van der Waals surface area contributed by atoms with E-state index >= 15 is 0 Å². The van der Waals surface area contributed by atoms with E-state index in [4.69, 9.17) is 4.74 Å². The van der Waals surface area contributed by atoms with Gasteiger partial charge in [-0.05, 0) is 66.8 Å². The van der Waals surface area contributed by atoms with Gasteiger partial charge in [-0.25, -0.2) is 4.39 Å². The fraction of sp³-hybridized carbons (Fsp3) is 0.294. The van der Waals surface area contributed by atoms with Crippen molar-refractivity contribution in [3.8, 4) is 5.75 Å². The highest BCUT2D eigenvalue weighted by molar-refractivity contribution is 9.09. The molecule has 0 radical (unpaired) electrons. The van der Waals surface area contributed by atoms with Crippen molar-refractivity contribution in [3.05, 3.63) is 64.0 Å². The second-order valence-corrected chi connectivity index (χ2v) is 5.96. The molecule has 0 spiro atoms. The lowest BCUT2D eigenvalue weighted by Crippen LogP contribution is -2.01. The molecule has 2 rings (SSSR count). The standard InChI is InChI=1S/C17H18BrFO/c1-10-5-6-13(9-15(10)20-4)17(18)16-11(2)7-14(19)8-12(16)3/h5-9,17H,1-4H3. The first kappa shape index (κ1) is 15.0. The molecule has 0 fully saturated rings. The van der Waals surface area contributed by atoms with Gasteiger partial charge in [0.05, 0.1) is 11.9 Å². The largest absolute Gasteiger partial charge is 0.496 e. The Morgan fingerprint density at radius 1 is 1.00 bits per heavy atom. The molecule has 1 nitrogen and oxygen atoms in total. The van der Waals surface area contributed by atoms with Crippen molar-refractivity contribution in [2.75, 3.05) is 7.11 Å². The van der Waals surface area contributed by atoms with Crippen molar-refractivity contribution >= 4 is 15.9 Å². The molecule has 1 atom stereocenters. The number of methoxy groups -OCH3 is 1. The molecule has 3 heteroatoms. The summed E-state index contributed by atoms with van der Waals surface area (Å²) in [7, 11) is 1.67. The van der Waals surface area contributed by atoms with E-state index in [0.717, 1.165) is 33.6 Å². The van der Waals surface area contributed by atoms with Gasteiger partial charge in [-0.2, -0.15) is 0 Å². The molecule has 0 bridgehead atoms. The van der Waals surface area contributed by atoms with Crippen LogP contribution < -0.4 is 4.74 Å². The zero-order valence-corrected chi connectivity index (χ0v) is 13.7. The molecule has 20 heavy (non-hydrogen) atoms. The van der Waals surface area contributed by atoms with E-state index in [1.54, 1.807) is 19.2 Å². The van der Waals surface area contributed by atoms with Crippen LogP contribution in [-0.2, 0) is 0 Å².